The zero-order chi connectivity index (χ0) is 19.6. The van der Waals surface area contributed by atoms with Gasteiger partial charge in [0.25, 0.3) is 5.69 Å². The number of esters is 1. The van der Waals surface area contributed by atoms with Gasteiger partial charge in [0, 0.05) is 22.0 Å². The molecule has 1 heterocycles. The van der Waals surface area contributed by atoms with E-state index in [4.69, 9.17) is 25.5 Å². The molecule has 3 rings (SSSR count). The molecule has 7 nitrogen and oxygen atoms in total. The van der Waals surface area contributed by atoms with E-state index in [1.54, 1.807) is 25.1 Å². The number of benzene rings is 2. The highest BCUT2D eigenvalue weighted by Gasteiger charge is 2.23. The van der Waals surface area contributed by atoms with Gasteiger partial charge in [-0.05, 0) is 31.2 Å². The SMILES string of the molecule is CCOC(=O)c1oc2ccc(Br)cc2c1COc1ccc([N+](=O)[O-])cc1Cl. The summed E-state index contributed by atoms with van der Waals surface area (Å²) in [5.41, 5.74) is 0.867. The number of nitrogens with zero attached hydrogens (tertiary/aromatic N) is 1. The van der Waals surface area contributed by atoms with Crippen LogP contribution in [0.1, 0.15) is 23.0 Å². The van der Waals surface area contributed by atoms with Gasteiger partial charge in [-0.2, -0.15) is 0 Å². The van der Waals surface area contributed by atoms with Gasteiger partial charge >= 0.3 is 5.97 Å². The van der Waals surface area contributed by atoms with Crippen LogP contribution in [0.15, 0.2) is 45.3 Å². The third-order valence-electron chi connectivity index (χ3n) is 3.71. The van der Waals surface area contributed by atoms with Crippen LogP contribution in [0.3, 0.4) is 0 Å². The zero-order valence-corrected chi connectivity index (χ0v) is 16.4. The summed E-state index contributed by atoms with van der Waals surface area (Å²) in [7, 11) is 0. The first-order valence-electron chi connectivity index (χ1n) is 7.85. The maximum absolute atomic E-state index is 12.2. The molecule has 3 aromatic rings. The van der Waals surface area contributed by atoms with Crippen LogP contribution in [-0.2, 0) is 11.3 Å². The van der Waals surface area contributed by atoms with Gasteiger partial charge in [-0.3, -0.25) is 10.1 Å². The van der Waals surface area contributed by atoms with E-state index in [-0.39, 0.29) is 35.4 Å². The highest BCUT2D eigenvalue weighted by Crippen LogP contribution is 2.33. The summed E-state index contributed by atoms with van der Waals surface area (Å²) in [6.45, 7) is 1.87. The fraction of sp³-hybridized carbons (Fsp3) is 0.167. The number of non-ortho nitro benzene ring substituents is 1. The molecule has 2 aromatic carbocycles. The maximum atomic E-state index is 12.2. The molecule has 0 saturated carbocycles. The number of ether oxygens (including phenoxy) is 2. The average molecular weight is 455 g/mol. The summed E-state index contributed by atoms with van der Waals surface area (Å²) in [4.78, 5) is 22.5. The van der Waals surface area contributed by atoms with Crippen molar-refractivity contribution in [3.63, 3.8) is 0 Å². The van der Waals surface area contributed by atoms with Crippen LogP contribution in [0.4, 0.5) is 5.69 Å². The summed E-state index contributed by atoms with van der Waals surface area (Å²) in [5, 5.41) is 11.6. The Labute approximate surface area is 167 Å². The molecule has 0 unspecified atom stereocenters. The van der Waals surface area contributed by atoms with Gasteiger partial charge in [0.1, 0.15) is 17.9 Å². The number of furan rings is 1. The number of nitro groups is 1. The molecule has 0 radical (unpaired) electrons. The van der Waals surface area contributed by atoms with E-state index < -0.39 is 10.9 Å². The van der Waals surface area contributed by atoms with Crippen molar-refractivity contribution in [2.75, 3.05) is 6.61 Å². The third kappa shape index (κ3) is 4.06. The molecule has 0 aliphatic carbocycles. The Morgan fingerprint density at radius 3 is 2.74 bits per heavy atom. The van der Waals surface area contributed by atoms with Crippen LogP contribution in [0, 0.1) is 10.1 Å². The van der Waals surface area contributed by atoms with Gasteiger partial charge in [-0.25, -0.2) is 4.79 Å². The smallest absolute Gasteiger partial charge is 0.374 e. The number of carbonyl (C=O) groups is 1. The van der Waals surface area contributed by atoms with Crippen molar-refractivity contribution in [1.29, 1.82) is 0 Å². The lowest BCUT2D eigenvalue weighted by atomic mass is 10.1. The number of hydrogen-bond acceptors (Lipinski definition) is 6. The summed E-state index contributed by atoms with van der Waals surface area (Å²) in [5.74, 6) is -0.303. The first-order chi connectivity index (χ1) is 12.9. The van der Waals surface area contributed by atoms with E-state index in [2.05, 4.69) is 15.9 Å². The molecule has 0 aliphatic rings. The third-order valence-corrected chi connectivity index (χ3v) is 4.50. The van der Waals surface area contributed by atoms with Crippen LogP contribution in [0.5, 0.6) is 5.75 Å². The first-order valence-corrected chi connectivity index (χ1v) is 9.02. The number of nitro benzene ring substituents is 1. The average Bonchev–Trinajstić information content (AvgIpc) is 2.98. The van der Waals surface area contributed by atoms with Crippen LogP contribution < -0.4 is 4.74 Å². The Morgan fingerprint density at radius 2 is 2.07 bits per heavy atom. The lowest BCUT2D eigenvalue weighted by Gasteiger charge is -2.08. The van der Waals surface area contributed by atoms with Crippen LogP contribution in [0.2, 0.25) is 5.02 Å². The van der Waals surface area contributed by atoms with E-state index >= 15 is 0 Å². The molecule has 9 heteroatoms. The van der Waals surface area contributed by atoms with Crippen molar-refractivity contribution < 1.29 is 23.6 Å². The monoisotopic (exact) mass is 453 g/mol. The second-order valence-electron chi connectivity index (χ2n) is 5.43. The fourth-order valence-corrected chi connectivity index (χ4v) is 3.09. The van der Waals surface area contributed by atoms with Crippen molar-refractivity contribution in [2.24, 2.45) is 0 Å². The fourth-order valence-electron chi connectivity index (χ4n) is 2.50. The first kappa shape index (κ1) is 19.2. The molecule has 0 N–H and O–H groups in total. The van der Waals surface area contributed by atoms with Crippen LogP contribution >= 0.6 is 27.5 Å². The highest BCUT2D eigenvalue weighted by molar-refractivity contribution is 9.10. The highest BCUT2D eigenvalue weighted by atomic mass is 79.9. The van der Waals surface area contributed by atoms with Gasteiger partial charge in [0.05, 0.1) is 22.1 Å². The minimum Gasteiger partial charge on any atom is -0.487 e. The molecule has 1 aromatic heterocycles. The lowest BCUT2D eigenvalue weighted by molar-refractivity contribution is -0.384. The molecular formula is C18H13BrClNO6. The molecule has 0 saturated heterocycles. The number of fused-ring (bicyclic) bond motifs is 1. The van der Waals surface area contributed by atoms with Gasteiger partial charge in [0.15, 0.2) is 0 Å². The molecule has 0 spiro atoms. The second-order valence-corrected chi connectivity index (χ2v) is 6.75. The van der Waals surface area contributed by atoms with Crippen LogP contribution in [0.25, 0.3) is 11.0 Å². The van der Waals surface area contributed by atoms with E-state index in [9.17, 15) is 14.9 Å². The Balaban J connectivity index is 1.96. The quantitative estimate of drug-likeness (QED) is 0.277. The largest absolute Gasteiger partial charge is 0.487 e. The van der Waals surface area contributed by atoms with Crippen molar-refractivity contribution in [3.05, 3.63) is 67.3 Å². The predicted octanol–water partition coefficient (Wildman–Crippen LogP) is 5.51. The lowest BCUT2D eigenvalue weighted by Crippen LogP contribution is -2.08. The van der Waals surface area contributed by atoms with Crippen molar-refractivity contribution in [1.82, 2.24) is 0 Å². The Kier molecular flexibility index (Phi) is 5.67. The molecule has 0 bridgehead atoms. The van der Waals surface area contributed by atoms with Gasteiger partial charge in [0.2, 0.25) is 5.76 Å². The van der Waals surface area contributed by atoms with Crippen LogP contribution in [-0.4, -0.2) is 17.5 Å². The predicted molar refractivity (Wildman–Crippen MR) is 102 cm³/mol. The second kappa shape index (κ2) is 7.98. The molecule has 27 heavy (non-hydrogen) atoms. The van der Waals surface area contributed by atoms with Crippen molar-refractivity contribution in [3.8, 4) is 5.75 Å². The number of carbonyl (C=O) groups excluding carboxylic acids is 1. The Morgan fingerprint density at radius 1 is 1.30 bits per heavy atom. The normalized spacial score (nSPS) is 10.8. The Hall–Kier alpha value is -2.58. The number of rotatable bonds is 6. The molecular weight excluding hydrogens is 442 g/mol. The maximum Gasteiger partial charge on any atom is 0.374 e. The summed E-state index contributed by atoms with van der Waals surface area (Å²) in [6, 6.07) is 9.22. The Bertz CT molecular complexity index is 1030. The van der Waals surface area contributed by atoms with E-state index in [1.807, 2.05) is 0 Å². The minimum atomic E-state index is -0.599. The summed E-state index contributed by atoms with van der Waals surface area (Å²) >= 11 is 9.45. The van der Waals surface area contributed by atoms with E-state index in [0.717, 1.165) is 4.47 Å². The van der Waals surface area contributed by atoms with E-state index in [0.29, 0.717) is 16.5 Å². The topological polar surface area (TPSA) is 91.8 Å². The molecule has 0 fully saturated rings. The molecule has 0 aliphatic heterocycles. The minimum absolute atomic E-state index is 0.0326. The number of hydrogen-bond donors (Lipinski definition) is 0. The molecule has 140 valence electrons. The van der Waals surface area contributed by atoms with Gasteiger partial charge in [-0.1, -0.05) is 27.5 Å². The molecule has 0 atom stereocenters. The van der Waals surface area contributed by atoms with Crippen molar-refractivity contribution in [2.45, 2.75) is 13.5 Å². The number of halogens is 2. The van der Waals surface area contributed by atoms with Gasteiger partial charge < -0.3 is 13.9 Å². The van der Waals surface area contributed by atoms with E-state index in [1.165, 1.54) is 18.2 Å². The molecule has 0 amide bonds. The van der Waals surface area contributed by atoms with Gasteiger partial charge in [-0.15, -0.1) is 0 Å². The summed E-state index contributed by atoms with van der Waals surface area (Å²) in [6.07, 6.45) is 0. The summed E-state index contributed by atoms with van der Waals surface area (Å²) < 4.78 is 17.2. The van der Waals surface area contributed by atoms with Crippen molar-refractivity contribution >= 4 is 50.2 Å². The standard InChI is InChI=1S/C18H13BrClNO6/c1-2-25-18(22)17-13(12-7-10(19)3-5-15(12)27-17)9-26-16-6-4-11(21(23)24)8-14(16)20/h3-8H,2,9H2,1H3. The zero-order valence-electron chi connectivity index (χ0n) is 14.0.